The standard InChI is InChI=1S/C24H23BrFNO4.ClH/c1-2-28-23-11-18(13-27-12-17-5-8-21-22(10-17)31-15-30-21)9-20(25)24(23)29-14-16-3-6-19(26)7-4-16;/h3-11,27H,2,12-15H2,1H3;1H. The minimum absolute atomic E-state index is 0. The Kier molecular flexibility index (Phi) is 8.61. The highest BCUT2D eigenvalue weighted by Crippen LogP contribution is 2.37. The summed E-state index contributed by atoms with van der Waals surface area (Å²) in [5, 5.41) is 3.44. The predicted molar refractivity (Wildman–Crippen MR) is 126 cm³/mol. The Hall–Kier alpha value is -2.48. The van der Waals surface area contributed by atoms with E-state index in [1.54, 1.807) is 12.1 Å². The smallest absolute Gasteiger partial charge is 0.231 e. The quantitative estimate of drug-likeness (QED) is 0.372. The Morgan fingerprint density at radius 2 is 1.62 bits per heavy atom. The molecule has 1 N–H and O–H groups in total. The first-order chi connectivity index (χ1) is 15.1. The van der Waals surface area contributed by atoms with Crippen LogP contribution in [0.15, 0.2) is 59.1 Å². The van der Waals surface area contributed by atoms with E-state index in [2.05, 4.69) is 21.2 Å². The fourth-order valence-corrected chi connectivity index (χ4v) is 3.87. The molecule has 0 aromatic heterocycles. The van der Waals surface area contributed by atoms with Gasteiger partial charge in [0.1, 0.15) is 12.4 Å². The number of hydrogen-bond donors (Lipinski definition) is 1. The third-order valence-electron chi connectivity index (χ3n) is 4.76. The minimum atomic E-state index is -0.266. The van der Waals surface area contributed by atoms with Crippen LogP contribution < -0.4 is 24.3 Å². The van der Waals surface area contributed by atoms with Gasteiger partial charge in [-0.3, -0.25) is 0 Å². The number of halogens is 3. The average Bonchev–Trinajstić information content (AvgIpc) is 3.23. The van der Waals surface area contributed by atoms with E-state index in [0.717, 1.165) is 32.7 Å². The molecule has 0 fully saturated rings. The van der Waals surface area contributed by atoms with E-state index in [1.165, 1.54) is 12.1 Å². The molecule has 0 spiro atoms. The Bertz CT molecular complexity index is 1050. The van der Waals surface area contributed by atoms with Crippen LogP contribution in [0, 0.1) is 5.82 Å². The number of hydrogen-bond acceptors (Lipinski definition) is 5. The molecular weight excluding hydrogens is 501 g/mol. The zero-order valence-corrected chi connectivity index (χ0v) is 19.9. The monoisotopic (exact) mass is 523 g/mol. The lowest BCUT2D eigenvalue weighted by molar-refractivity contribution is 0.174. The summed E-state index contributed by atoms with van der Waals surface area (Å²) >= 11 is 3.60. The summed E-state index contributed by atoms with van der Waals surface area (Å²) in [6.07, 6.45) is 0. The van der Waals surface area contributed by atoms with Crippen molar-refractivity contribution in [1.82, 2.24) is 5.32 Å². The molecule has 0 amide bonds. The van der Waals surface area contributed by atoms with Gasteiger partial charge in [-0.15, -0.1) is 12.4 Å². The van der Waals surface area contributed by atoms with Gasteiger partial charge in [0.05, 0.1) is 11.1 Å². The van der Waals surface area contributed by atoms with Gasteiger partial charge in [0.15, 0.2) is 23.0 Å². The Morgan fingerprint density at radius 1 is 0.906 bits per heavy atom. The molecule has 4 rings (SSSR count). The molecule has 3 aromatic carbocycles. The molecule has 0 unspecified atom stereocenters. The lowest BCUT2D eigenvalue weighted by Gasteiger charge is -2.16. The van der Waals surface area contributed by atoms with Crippen molar-refractivity contribution in [3.05, 3.63) is 81.6 Å². The van der Waals surface area contributed by atoms with Crippen LogP contribution in [0.3, 0.4) is 0 Å². The number of ether oxygens (including phenoxy) is 4. The first kappa shape index (κ1) is 24.2. The summed E-state index contributed by atoms with van der Waals surface area (Å²) in [6.45, 7) is 4.40. The SMILES string of the molecule is CCOc1cc(CNCc2ccc3c(c2)OCO3)cc(Br)c1OCc1ccc(F)cc1.Cl. The molecule has 1 aliphatic heterocycles. The van der Waals surface area contributed by atoms with E-state index in [1.807, 2.05) is 37.3 Å². The van der Waals surface area contributed by atoms with Gasteiger partial charge in [-0.05, 0) is 75.9 Å². The van der Waals surface area contributed by atoms with Crippen molar-refractivity contribution in [2.75, 3.05) is 13.4 Å². The number of rotatable bonds is 9. The van der Waals surface area contributed by atoms with E-state index >= 15 is 0 Å². The van der Waals surface area contributed by atoms with Crippen molar-refractivity contribution >= 4 is 28.3 Å². The summed E-state index contributed by atoms with van der Waals surface area (Å²) in [5.74, 6) is 2.59. The first-order valence-corrected chi connectivity index (χ1v) is 10.8. The van der Waals surface area contributed by atoms with Crippen LogP contribution in [0.5, 0.6) is 23.0 Å². The van der Waals surface area contributed by atoms with E-state index in [-0.39, 0.29) is 25.0 Å². The van der Waals surface area contributed by atoms with Gasteiger partial charge in [0.2, 0.25) is 6.79 Å². The van der Waals surface area contributed by atoms with Gasteiger partial charge in [0.25, 0.3) is 0 Å². The Morgan fingerprint density at radius 3 is 2.41 bits per heavy atom. The largest absolute Gasteiger partial charge is 0.490 e. The lowest BCUT2D eigenvalue weighted by Crippen LogP contribution is -2.13. The van der Waals surface area contributed by atoms with Crippen LogP contribution in [0.1, 0.15) is 23.6 Å². The minimum Gasteiger partial charge on any atom is -0.490 e. The van der Waals surface area contributed by atoms with Crippen LogP contribution in [-0.4, -0.2) is 13.4 Å². The van der Waals surface area contributed by atoms with Gasteiger partial charge in [-0.1, -0.05) is 18.2 Å². The third-order valence-corrected chi connectivity index (χ3v) is 5.35. The van der Waals surface area contributed by atoms with Crippen molar-refractivity contribution < 1.29 is 23.3 Å². The topological polar surface area (TPSA) is 49.0 Å². The molecule has 0 saturated heterocycles. The van der Waals surface area contributed by atoms with Crippen molar-refractivity contribution in [2.45, 2.75) is 26.6 Å². The summed E-state index contributed by atoms with van der Waals surface area (Å²) < 4.78 is 36.5. The van der Waals surface area contributed by atoms with E-state index in [0.29, 0.717) is 37.8 Å². The summed E-state index contributed by atoms with van der Waals surface area (Å²) in [6, 6.07) is 16.2. The molecule has 0 saturated carbocycles. The normalized spacial score (nSPS) is 11.7. The molecule has 0 radical (unpaired) electrons. The highest BCUT2D eigenvalue weighted by atomic mass is 79.9. The Labute approximate surface area is 201 Å². The van der Waals surface area contributed by atoms with E-state index < -0.39 is 0 Å². The van der Waals surface area contributed by atoms with Crippen LogP contribution in [0.2, 0.25) is 0 Å². The number of fused-ring (bicyclic) bond motifs is 1. The van der Waals surface area contributed by atoms with Crippen LogP contribution in [0.4, 0.5) is 4.39 Å². The van der Waals surface area contributed by atoms with Gasteiger partial charge in [-0.25, -0.2) is 4.39 Å². The molecule has 32 heavy (non-hydrogen) atoms. The second kappa shape index (κ2) is 11.4. The fourth-order valence-electron chi connectivity index (χ4n) is 3.26. The van der Waals surface area contributed by atoms with Gasteiger partial charge in [0, 0.05) is 13.1 Å². The molecular formula is C24H24BrClFNO4. The molecule has 1 aliphatic rings. The maximum Gasteiger partial charge on any atom is 0.231 e. The summed E-state index contributed by atoms with van der Waals surface area (Å²) in [4.78, 5) is 0. The first-order valence-electron chi connectivity index (χ1n) is 10.0. The molecule has 8 heteroatoms. The number of nitrogens with one attached hydrogen (secondary N) is 1. The zero-order chi connectivity index (χ0) is 21.6. The second-order valence-electron chi connectivity index (χ2n) is 7.04. The van der Waals surface area contributed by atoms with E-state index in [4.69, 9.17) is 18.9 Å². The van der Waals surface area contributed by atoms with Crippen molar-refractivity contribution in [2.24, 2.45) is 0 Å². The zero-order valence-electron chi connectivity index (χ0n) is 17.5. The second-order valence-corrected chi connectivity index (χ2v) is 7.90. The van der Waals surface area contributed by atoms with Crippen molar-refractivity contribution in [3.63, 3.8) is 0 Å². The lowest BCUT2D eigenvalue weighted by atomic mass is 10.1. The summed E-state index contributed by atoms with van der Waals surface area (Å²) in [5.41, 5.74) is 3.06. The van der Waals surface area contributed by atoms with Gasteiger partial charge in [-0.2, -0.15) is 0 Å². The maximum absolute atomic E-state index is 13.1. The fraction of sp³-hybridized carbons (Fsp3) is 0.250. The molecule has 5 nitrogen and oxygen atoms in total. The highest BCUT2D eigenvalue weighted by molar-refractivity contribution is 9.10. The molecule has 170 valence electrons. The molecule has 0 bridgehead atoms. The molecule has 0 aliphatic carbocycles. The van der Waals surface area contributed by atoms with Gasteiger partial charge < -0.3 is 24.3 Å². The van der Waals surface area contributed by atoms with Crippen LogP contribution >= 0.6 is 28.3 Å². The predicted octanol–water partition coefficient (Wildman–Crippen LogP) is 6.01. The van der Waals surface area contributed by atoms with Gasteiger partial charge >= 0.3 is 0 Å². The third kappa shape index (κ3) is 6.06. The van der Waals surface area contributed by atoms with Crippen LogP contribution in [0.25, 0.3) is 0 Å². The molecule has 3 aromatic rings. The Balaban J connectivity index is 0.00000289. The van der Waals surface area contributed by atoms with Crippen molar-refractivity contribution in [3.8, 4) is 23.0 Å². The van der Waals surface area contributed by atoms with Crippen LogP contribution in [-0.2, 0) is 19.7 Å². The van der Waals surface area contributed by atoms with E-state index in [9.17, 15) is 4.39 Å². The average molecular weight is 525 g/mol. The highest BCUT2D eigenvalue weighted by Gasteiger charge is 2.14. The maximum atomic E-state index is 13.1. The number of benzene rings is 3. The molecule has 1 heterocycles. The summed E-state index contributed by atoms with van der Waals surface area (Å²) in [7, 11) is 0. The molecule has 0 atom stereocenters. The van der Waals surface area contributed by atoms with Crippen molar-refractivity contribution in [1.29, 1.82) is 0 Å².